The summed E-state index contributed by atoms with van der Waals surface area (Å²) in [5.41, 5.74) is 0.593. The van der Waals surface area contributed by atoms with Gasteiger partial charge in [0, 0.05) is 29.1 Å². The molecule has 4 aromatic rings. The number of carbonyl (C=O) groups excluding carboxylic acids is 1. The number of halogens is 2. The van der Waals surface area contributed by atoms with Gasteiger partial charge in [0.25, 0.3) is 0 Å². The van der Waals surface area contributed by atoms with Crippen LogP contribution >= 0.6 is 0 Å². The minimum Gasteiger partial charge on any atom is -0.465 e. The smallest absolute Gasteiger partial charge is 0.408 e. The average Bonchev–Trinajstić information content (AvgIpc) is 3.27. The number of rotatable bonds is 8. The molecule has 4 rings (SSSR count). The Morgan fingerprint density at radius 3 is 2.42 bits per heavy atom. The van der Waals surface area contributed by atoms with Crippen LogP contribution in [0.25, 0.3) is 10.9 Å². The fourth-order valence-corrected chi connectivity index (χ4v) is 4.42. The van der Waals surface area contributed by atoms with E-state index in [0.717, 1.165) is 33.0 Å². The Labute approximate surface area is 207 Å². The maximum absolute atomic E-state index is 14.5. The highest BCUT2D eigenvalue weighted by Crippen LogP contribution is 2.30. The molecule has 0 spiro atoms. The van der Waals surface area contributed by atoms with Gasteiger partial charge >= 0.3 is 6.09 Å². The lowest BCUT2D eigenvalue weighted by Gasteiger charge is -2.39. The number of fused-ring (bicyclic) bond motifs is 1. The van der Waals surface area contributed by atoms with Gasteiger partial charge in [0.15, 0.2) is 11.6 Å². The molecular formula is C28H27F2N3O3. The molecule has 6 nitrogen and oxygen atoms in total. The molecule has 0 aliphatic carbocycles. The summed E-state index contributed by atoms with van der Waals surface area (Å²) in [6.45, 7) is 2.80. The van der Waals surface area contributed by atoms with Crippen molar-refractivity contribution in [3.8, 4) is 0 Å². The van der Waals surface area contributed by atoms with E-state index < -0.39 is 41.8 Å². The normalized spacial score (nSPS) is 13.7. The summed E-state index contributed by atoms with van der Waals surface area (Å²) < 4.78 is 28.4. The number of hydrogen-bond donors (Lipinski definition) is 3. The van der Waals surface area contributed by atoms with Crippen molar-refractivity contribution in [1.82, 2.24) is 15.2 Å². The van der Waals surface area contributed by atoms with Crippen LogP contribution in [0.4, 0.5) is 13.6 Å². The monoisotopic (exact) mass is 491 g/mol. The molecule has 186 valence electrons. The number of nitrogens with one attached hydrogen (secondary N) is 2. The van der Waals surface area contributed by atoms with E-state index >= 15 is 0 Å². The van der Waals surface area contributed by atoms with Crippen molar-refractivity contribution in [3.05, 3.63) is 107 Å². The largest absolute Gasteiger partial charge is 0.465 e. The molecule has 3 N–H and O–H groups in total. The van der Waals surface area contributed by atoms with Crippen LogP contribution in [0.15, 0.2) is 79.0 Å². The van der Waals surface area contributed by atoms with Crippen molar-refractivity contribution in [2.45, 2.75) is 38.4 Å². The van der Waals surface area contributed by atoms with Crippen molar-refractivity contribution >= 4 is 22.9 Å². The Balaban J connectivity index is 1.75. The number of amides is 2. The van der Waals surface area contributed by atoms with Gasteiger partial charge in [-0.05, 0) is 37.1 Å². The molecule has 2 atom stereocenters. The van der Waals surface area contributed by atoms with Gasteiger partial charge in [0.2, 0.25) is 5.91 Å². The first-order valence-electron chi connectivity index (χ1n) is 11.5. The second kappa shape index (κ2) is 10.2. The quantitative estimate of drug-likeness (QED) is 0.291. The lowest BCUT2D eigenvalue weighted by molar-refractivity contribution is -0.132. The van der Waals surface area contributed by atoms with Gasteiger partial charge in [-0.15, -0.1) is 0 Å². The Morgan fingerprint density at radius 1 is 1.00 bits per heavy atom. The summed E-state index contributed by atoms with van der Waals surface area (Å²) in [7, 11) is 0. The lowest BCUT2D eigenvalue weighted by Crippen LogP contribution is -2.60. The molecule has 0 bridgehead atoms. The highest BCUT2D eigenvalue weighted by atomic mass is 19.2. The van der Waals surface area contributed by atoms with Crippen LogP contribution < -0.4 is 5.32 Å². The maximum Gasteiger partial charge on any atom is 0.408 e. The van der Waals surface area contributed by atoms with Gasteiger partial charge in [0.1, 0.15) is 5.54 Å². The highest BCUT2D eigenvalue weighted by molar-refractivity contribution is 5.91. The van der Waals surface area contributed by atoms with Gasteiger partial charge in [-0.3, -0.25) is 9.69 Å². The van der Waals surface area contributed by atoms with E-state index in [2.05, 4.69) is 10.3 Å². The van der Waals surface area contributed by atoms with Crippen LogP contribution in [0.3, 0.4) is 0 Å². The summed E-state index contributed by atoms with van der Waals surface area (Å²) >= 11 is 0. The van der Waals surface area contributed by atoms with E-state index in [1.807, 2.05) is 54.6 Å². The van der Waals surface area contributed by atoms with Gasteiger partial charge in [-0.2, -0.15) is 0 Å². The number of H-pyrrole nitrogens is 1. The third-order valence-corrected chi connectivity index (χ3v) is 6.53. The van der Waals surface area contributed by atoms with Crippen LogP contribution in [0.5, 0.6) is 0 Å². The molecule has 1 heterocycles. The molecule has 0 saturated carbocycles. The summed E-state index contributed by atoms with van der Waals surface area (Å²) in [6, 6.07) is 19.9. The molecular weight excluding hydrogens is 464 g/mol. The fraction of sp³-hybridized carbons (Fsp3) is 0.214. The summed E-state index contributed by atoms with van der Waals surface area (Å²) in [5, 5.41) is 14.0. The molecule has 2 unspecified atom stereocenters. The lowest BCUT2D eigenvalue weighted by atomic mass is 9.88. The first kappa shape index (κ1) is 24.9. The molecule has 0 radical (unpaired) electrons. The van der Waals surface area contributed by atoms with Crippen molar-refractivity contribution in [2.24, 2.45) is 0 Å². The van der Waals surface area contributed by atoms with Crippen molar-refractivity contribution in [3.63, 3.8) is 0 Å². The number of carboxylic acid groups (broad SMARTS) is 1. The first-order valence-corrected chi connectivity index (χ1v) is 11.5. The maximum atomic E-state index is 14.5. The number of benzene rings is 3. The minimum absolute atomic E-state index is 0.00753. The zero-order chi connectivity index (χ0) is 25.9. The number of para-hydroxylation sites is 1. The molecule has 8 heteroatoms. The SMILES string of the molecule is CC(NC(=O)C(C)(Cc1c[nH]c2ccccc12)N(Cc1cccc(F)c1F)C(=O)O)c1ccccc1. The third-order valence-electron chi connectivity index (χ3n) is 6.53. The summed E-state index contributed by atoms with van der Waals surface area (Å²) in [6.07, 6.45) is 0.316. The molecule has 2 amide bonds. The minimum atomic E-state index is -1.65. The number of carbonyl (C=O) groups is 2. The van der Waals surface area contributed by atoms with Crippen molar-refractivity contribution < 1.29 is 23.5 Å². The van der Waals surface area contributed by atoms with E-state index in [9.17, 15) is 23.5 Å². The third kappa shape index (κ3) is 4.93. The van der Waals surface area contributed by atoms with Crippen LogP contribution in [0.2, 0.25) is 0 Å². The number of nitrogens with zero attached hydrogens (tertiary/aromatic N) is 1. The van der Waals surface area contributed by atoms with Crippen molar-refractivity contribution in [1.29, 1.82) is 0 Å². The zero-order valence-electron chi connectivity index (χ0n) is 20.0. The van der Waals surface area contributed by atoms with Gasteiger partial charge in [-0.25, -0.2) is 13.6 Å². The number of aromatic nitrogens is 1. The van der Waals surface area contributed by atoms with Crippen LogP contribution in [-0.2, 0) is 17.8 Å². The van der Waals surface area contributed by atoms with Gasteiger partial charge < -0.3 is 15.4 Å². The average molecular weight is 492 g/mol. The Hall–Kier alpha value is -4.20. The zero-order valence-corrected chi connectivity index (χ0v) is 20.0. The molecule has 36 heavy (non-hydrogen) atoms. The molecule has 0 saturated heterocycles. The fourth-order valence-electron chi connectivity index (χ4n) is 4.42. The topological polar surface area (TPSA) is 85.4 Å². The van der Waals surface area contributed by atoms with E-state index in [1.54, 1.807) is 13.1 Å². The first-order chi connectivity index (χ1) is 17.2. The van der Waals surface area contributed by atoms with Gasteiger partial charge in [-0.1, -0.05) is 60.7 Å². The predicted molar refractivity (Wildman–Crippen MR) is 133 cm³/mol. The molecule has 3 aromatic carbocycles. The molecule has 0 aliphatic rings. The standard InChI is InChI=1S/C28H27F2N3O3/c1-18(19-9-4-3-5-10-19)32-26(34)28(2,15-21-16-31-24-14-7-6-12-22(21)24)33(27(35)36)17-20-11-8-13-23(29)25(20)30/h3-14,16,18,31H,15,17H2,1-2H3,(H,32,34)(H,35,36). The number of aromatic amines is 1. The van der Waals surface area contributed by atoms with Gasteiger partial charge in [0.05, 0.1) is 12.6 Å². The highest BCUT2D eigenvalue weighted by Gasteiger charge is 2.44. The Morgan fingerprint density at radius 2 is 1.69 bits per heavy atom. The number of hydrogen-bond acceptors (Lipinski definition) is 2. The van der Waals surface area contributed by atoms with E-state index in [-0.39, 0.29) is 12.0 Å². The second-order valence-electron chi connectivity index (χ2n) is 9.00. The van der Waals surface area contributed by atoms with E-state index in [4.69, 9.17) is 0 Å². The Kier molecular flexibility index (Phi) is 7.05. The summed E-state index contributed by atoms with van der Waals surface area (Å²) in [4.78, 5) is 30.3. The molecule has 0 fully saturated rings. The second-order valence-corrected chi connectivity index (χ2v) is 9.00. The molecule has 0 aliphatic heterocycles. The summed E-state index contributed by atoms with van der Waals surface area (Å²) in [5.74, 6) is -2.78. The van der Waals surface area contributed by atoms with E-state index in [0.29, 0.717) is 0 Å². The predicted octanol–water partition coefficient (Wildman–Crippen LogP) is 5.80. The van der Waals surface area contributed by atoms with Crippen molar-refractivity contribution in [2.75, 3.05) is 0 Å². The Bertz CT molecular complexity index is 1390. The van der Waals surface area contributed by atoms with Crippen LogP contribution in [0.1, 0.15) is 36.6 Å². The van der Waals surface area contributed by atoms with E-state index in [1.165, 1.54) is 19.1 Å². The molecule has 1 aromatic heterocycles. The van der Waals surface area contributed by atoms with Crippen LogP contribution in [-0.4, -0.2) is 32.5 Å². The van der Waals surface area contributed by atoms with Crippen LogP contribution in [0, 0.1) is 11.6 Å².